The van der Waals surface area contributed by atoms with E-state index in [0.29, 0.717) is 18.5 Å². The van der Waals surface area contributed by atoms with E-state index >= 15 is 0 Å². The van der Waals surface area contributed by atoms with E-state index in [1.165, 1.54) is 0 Å². The second-order valence-electron chi connectivity index (χ2n) is 7.24. The molecule has 1 heterocycles. The maximum Gasteiger partial charge on any atom is 0.339 e. The molecule has 0 radical (unpaired) electrons. The van der Waals surface area contributed by atoms with Gasteiger partial charge in [-0.1, -0.05) is 66.7 Å². The van der Waals surface area contributed by atoms with Crippen molar-refractivity contribution in [3.63, 3.8) is 0 Å². The number of nitrogens with zero attached hydrogens (tertiary/aromatic N) is 1. The van der Waals surface area contributed by atoms with Gasteiger partial charge in [0.05, 0.1) is 5.56 Å². The van der Waals surface area contributed by atoms with Gasteiger partial charge in [0.25, 0.3) is 5.91 Å². The first-order valence-electron chi connectivity index (χ1n) is 9.85. The van der Waals surface area contributed by atoms with Gasteiger partial charge in [0.2, 0.25) is 0 Å². The molecular formula is C25H23NO3. The van der Waals surface area contributed by atoms with Crippen LogP contribution in [-0.2, 0) is 22.4 Å². The Labute approximate surface area is 170 Å². The first kappa shape index (κ1) is 18.9. The van der Waals surface area contributed by atoms with Crippen molar-refractivity contribution in [3.05, 3.63) is 101 Å². The molecule has 0 saturated carbocycles. The number of ether oxygens (including phenoxy) is 1. The number of anilines is 1. The highest BCUT2D eigenvalue weighted by Gasteiger charge is 2.30. The van der Waals surface area contributed by atoms with Gasteiger partial charge in [-0.05, 0) is 48.6 Å². The average molecular weight is 385 g/mol. The SMILES string of the molecule is C[C@H](OC(=O)c1ccccc1Cc1ccccc1)C(=O)N1CCc2ccccc21. The first-order valence-corrected chi connectivity index (χ1v) is 9.85. The Morgan fingerprint density at radius 2 is 1.62 bits per heavy atom. The summed E-state index contributed by atoms with van der Waals surface area (Å²) in [5.74, 6) is -0.659. The van der Waals surface area contributed by atoms with Crippen LogP contribution >= 0.6 is 0 Å². The molecule has 0 unspecified atom stereocenters. The zero-order chi connectivity index (χ0) is 20.2. The van der Waals surface area contributed by atoms with Crippen molar-refractivity contribution in [1.29, 1.82) is 0 Å². The van der Waals surface area contributed by atoms with Crippen LogP contribution in [0.3, 0.4) is 0 Å². The third kappa shape index (κ3) is 4.06. The minimum atomic E-state index is -0.849. The Bertz CT molecular complexity index is 1030. The lowest BCUT2D eigenvalue weighted by Gasteiger charge is -2.22. The second kappa shape index (κ2) is 8.31. The molecular weight excluding hydrogens is 362 g/mol. The van der Waals surface area contributed by atoms with Crippen molar-refractivity contribution in [2.24, 2.45) is 0 Å². The van der Waals surface area contributed by atoms with E-state index in [2.05, 4.69) is 0 Å². The van der Waals surface area contributed by atoms with Gasteiger partial charge in [-0.15, -0.1) is 0 Å². The quantitative estimate of drug-likeness (QED) is 0.611. The molecule has 1 atom stereocenters. The van der Waals surface area contributed by atoms with Gasteiger partial charge in [-0.2, -0.15) is 0 Å². The van der Waals surface area contributed by atoms with Crippen LogP contribution in [0.25, 0.3) is 0 Å². The molecule has 3 aromatic rings. The number of hydrogen-bond acceptors (Lipinski definition) is 3. The highest BCUT2D eigenvalue weighted by atomic mass is 16.5. The zero-order valence-electron chi connectivity index (χ0n) is 16.4. The fourth-order valence-corrected chi connectivity index (χ4v) is 3.75. The van der Waals surface area contributed by atoms with Gasteiger partial charge in [0, 0.05) is 12.2 Å². The number of benzene rings is 3. The van der Waals surface area contributed by atoms with E-state index < -0.39 is 12.1 Å². The molecule has 4 rings (SSSR count). The summed E-state index contributed by atoms with van der Waals surface area (Å²) in [6, 6.07) is 25.2. The predicted molar refractivity (Wildman–Crippen MR) is 113 cm³/mol. The van der Waals surface area contributed by atoms with Gasteiger partial charge in [-0.3, -0.25) is 4.79 Å². The molecule has 3 aromatic carbocycles. The molecule has 0 aromatic heterocycles. The number of carbonyl (C=O) groups excluding carboxylic acids is 2. The molecule has 1 aliphatic rings. The number of rotatable bonds is 5. The van der Waals surface area contributed by atoms with Crippen LogP contribution in [0.4, 0.5) is 5.69 Å². The van der Waals surface area contributed by atoms with Crippen molar-refractivity contribution in [2.75, 3.05) is 11.4 Å². The minimum absolute atomic E-state index is 0.191. The minimum Gasteiger partial charge on any atom is -0.449 e. The lowest BCUT2D eigenvalue weighted by atomic mass is 10.00. The van der Waals surface area contributed by atoms with Gasteiger partial charge in [0.15, 0.2) is 6.10 Å². The zero-order valence-corrected chi connectivity index (χ0v) is 16.4. The van der Waals surface area contributed by atoms with Crippen LogP contribution in [0.2, 0.25) is 0 Å². The lowest BCUT2D eigenvalue weighted by Crippen LogP contribution is -2.39. The third-order valence-electron chi connectivity index (χ3n) is 5.26. The maximum atomic E-state index is 12.9. The molecule has 0 spiro atoms. The van der Waals surface area contributed by atoms with Gasteiger partial charge in [-0.25, -0.2) is 4.79 Å². The summed E-state index contributed by atoms with van der Waals surface area (Å²) in [6.45, 7) is 2.26. The van der Waals surface area contributed by atoms with Gasteiger partial charge >= 0.3 is 5.97 Å². The largest absolute Gasteiger partial charge is 0.449 e. The molecule has 0 aliphatic carbocycles. The molecule has 146 valence electrons. The fourth-order valence-electron chi connectivity index (χ4n) is 3.75. The Hall–Kier alpha value is -3.40. The molecule has 0 N–H and O–H groups in total. The Balaban J connectivity index is 1.48. The number of esters is 1. The van der Waals surface area contributed by atoms with Crippen LogP contribution < -0.4 is 4.90 Å². The van der Waals surface area contributed by atoms with Crippen LogP contribution in [-0.4, -0.2) is 24.5 Å². The summed E-state index contributed by atoms with van der Waals surface area (Å²) in [5, 5.41) is 0. The Morgan fingerprint density at radius 3 is 2.45 bits per heavy atom. The van der Waals surface area contributed by atoms with Crippen LogP contribution in [0, 0.1) is 0 Å². The standard InChI is InChI=1S/C25H23NO3/c1-18(24(27)26-16-15-20-11-6-8-14-23(20)26)29-25(28)22-13-7-5-12-21(22)17-19-9-3-2-4-10-19/h2-14,18H,15-17H2,1H3/t18-/m0/s1. The van der Waals surface area contributed by atoms with Crippen LogP contribution in [0.15, 0.2) is 78.9 Å². The molecule has 0 saturated heterocycles. The van der Waals surface area contributed by atoms with E-state index in [1.54, 1.807) is 17.9 Å². The smallest absolute Gasteiger partial charge is 0.339 e. The van der Waals surface area contributed by atoms with E-state index in [4.69, 9.17) is 4.74 Å². The number of amides is 1. The maximum absolute atomic E-state index is 12.9. The summed E-state index contributed by atoms with van der Waals surface area (Å²) >= 11 is 0. The molecule has 0 fully saturated rings. The summed E-state index contributed by atoms with van der Waals surface area (Å²) in [7, 11) is 0. The second-order valence-corrected chi connectivity index (χ2v) is 7.24. The molecule has 1 aliphatic heterocycles. The summed E-state index contributed by atoms with van der Waals surface area (Å²) in [5.41, 5.74) is 4.55. The van der Waals surface area contributed by atoms with E-state index in [1.807, 2.05) is 72.8 Å². The average Bonchev–Trinajstić information content (AvgIpc) is 3.18. The van der Waals surface area contributed by atoms with Gasteiger partial charge < -0.3 is 9.64 Å². The molecule has 4 heteroatoms. The van der Waals surface area contributed by atoms with E-state index in [-0.39, 0.29) is 5.91 Å². The Kier molecular flexibility index (Phi) is 5.43. The molecule has 0 bridgehead atoms. The highest BCUT2D eigenvalue weighted by molar-refractivity contribution is 6.00. The van der Waals surface area contributed by atoms with E-state index in [0.717, 1.165) is 28.8 Å². The third-order valence-corrected chi connectivity index (χ3v) is 5.26. The molecule has 29 heavy (non-hydrogen) atoms. The van der Waals surface area contributed by atoms with Crippen LogP contribution in [0.1, 0.15) is 34.0 Å². The van der Waals surface area contributed by atoms with E-state index in [9.17, 15) is 9.59 Å². The highest BCUT2D eigenvalue weighted by Crippen LogP contribution is 2.28. The fraction of sp³-hybridized carbons (Fsp3) is 0.200. The number of para-hydroxylation sites is 1. The van der Waals surface area contributed by atoms with Crippen molar-refractivity contribution in [1.82, 2.24) is 0 Å². The monoisotopic (exact) mass is 385 g/mol. The number of carbonyl (C=O) groups is 2. The summed E-state index contributed by atoms with van der Waals surface area (Å²) in [6.07, 6.45) is 0.606. The van der Waals surface area contributed by atoms with Crippen molar-refractivity contribution in [3.8, 4) is 0 Å². The summed E-state index contributed by atoms with van der Waals surface area (Å²) < 4.78 is 5.57. The summed E-state index contributed by atoms with van der Waals surface area (Å²) in [4.78, 5) is 27.4. The van der Waals surface area contributed by atoms with Crippen LogP contribution in [0.5, 0.6) is 0 Å². The van der Waals surface area contributed by atoms with Gasteiger partial charge in [0.1, 0.15) is 0 Å². The topological polar surface area (TPSA) is 46.6 Å². The van der Waals surface area contributed by atoms with Crippen molar-refractivity contribution >= 4 is 17.6 Å². The first-order chi connectivity index (χ1) is 14.1. The Morgan fingerprint density at radius 1 is 0.931 bits per heavy atom. The van der Waals surface area contributed by atoms with Crippen molar-refractivity contribution in [2.45, 2.75) is 25.9 Å². The lowest BCUT2D eigenvalue weighted by molar-refractivity contribution is -0.126. The normalized spacial score (nSPS) is 13.6. The van der Waals surface area contributed by atoms with Crippen molar-refractivity contribution < 1.29 is 14.3 Å². The number of hydrogen-bond donors (Lipinski definition) is 0. The predicted octanol–water partition coefficient (Wildman–Crippen LogP) is 4.41. The molecule has 1 amide bonds. The molecule has 4 nitrogen and oxygen atoms in total. The number of fused-ring (bicyclic) bond motifs is 1.